The van der Waals surface area contributed by atoms with Crippen LogP contribution in [0.4, 0.5) is 4.39 Å². The zero-order chi connectivity index (χ0) is 17.2. The lowest BCUT2D eigenvalue weighted by atomic mass is 9.94. The molecular weight excluding hydrogens is 319 g/mol. The molecular formula is C19H23FN4O. The van der Waals surface area contributed by atoms with E-state index in [0.717, 1.165) is 44.6 Å². The third kappa shape index (κ3) is 3.58. The van der Waals surface area contributed by atoms with Crippen molar-refractivity contribution in [3.05, 3.63) is 54.1 Å². The Morgan fingerprint density at radius 2 is 2.12 bits per heavy atom. The Morgan fingerprint density at radius 1 is 1.24 bits per heavy atom. The molecule has 1 atom stereocenters. The molecule has 0 N–H and O–H groups in total. The van der Waals surface area contributed by atoms with E-state index >= 15 is 0 Å². The summed E-state index contributed by atoms with van der Waals surface area (Å²) in [6, 6.07) is 8.95. The SMILES string of the molecule is O=C(C1CCCN(Cc2cccc(F)c2)C1)N1CC(n2cccn2)C1. The van der Waals surface area contributed by atoms with E-state index in [9.17, 15) is 9.18 Å². The molecule has 132 valence electrons. The molecule has 0 aliphatic carbocycles. The Labute approximate surface area is 147 Å². The van der Waals surface area contributed by atoms with Gasteiger partial charge in [-0.1, -0.05) is 12.1 Å². The fourth-order valence-electron chi connectivity index (χ4n) is 3.85. The van der Waals surface area contributed by atoms with Gasteiger partial charge in [0.1, 0.15) is 5.82 Å². The number of amides is 1. The Hall–Kier alpha value is -2.21. The number of halogens is 1. The summed E-state index contributed by atoms with van der Waals surface area (Å²) in [6.07, 6.45) is 5.69. The highest BCUT2D eigenvalue weighted by Crippen LogP contribution is 2.26. The number of aromatic nitrogens is 2. The molecule has 5 nitrogen and oxygen atoms in total. The molecule has 6 heteroatoms. The quantitative estimate of drug-likeness (QED) is 0.856. The second kappa shape index (κ2) is 6.96. The molecule has 4 rings (SSSR count). The lowest BCUT2D eigenvalue weighted by Crippen LogP contribution is -2.54. The van der Waals surface area contributed by atoms with E-state index in [4.69, 9.17) is 0 Å². The van der Waals surface area contributed by atoms with Gasteiger partial charge in [-0.15, -0.1) is 0 Å². The highest BCUT2D eigenvalue weighted by molar-refractivity contribution is 5.80. The molecule has 1 amide bonds. The van der Waals surface area contributed by atoms with Crippen LogP contribution in [-0.2, 0) is 11.3 Å². The van der Waals surface area contributed by atoms with Crippen LogP contribution < -0.4 is 0 Å². The van der Waals surface area contributed by atoms with Gasteiger partial charge in [0, 0.05) is 38.6 Å². The zero-order valence-corrected chi connectivity index (χ0v) is 14.2. The first-order chi connectivity index (χ1) is 12.2. The lowest BCUT2D eigenvalue weighted by Gasteiger charge is -2.42. The van der Waals surface area contributed by atoms with Crippen molar-refractivity contribution in [1.82, 2.24) is 19.6 Å². The summed E-state index contributed by atoms with van der Waals surface area (Å²) in [5.74, 6) is 0.112. The Morgan fingerprint density at radius 3 is 2.88 bits per heavy atom. The molecule has 0 saturated carbocycles. The largest absolute Gasteiger partial charge is 0.338 e. The summed E-state index contributed by atoms with van der Waals surface area (Å²) in [7, 11) is 0. The topological polar surface area (TPSA) is 41.4 Å². The van der Waals surface area contributed by atoms with Crippen molar-refractivity contribution in [2.45, 2.75) is 25.4 Å². The number of carbonyl (C=O) groups is 1. The van der Waals surface area contributed by atoms with Gasteiger partial charge in [-0.3, -0.25) is 14.4 Å². The summed E-state index contributed by atoms with van der Waals surface area (Å²) in [5.41, 5.74) is 0.968. The van der Waals surface area contributed by atoms with Gasteiger partial charge in [-0.25, -0.2) is 4.39 Å². The monoisotopic (exact) mass is 342 g/mol. The maximum absolute atomic E-state index is 13.4. The molecule has 1 unspecified atom stereocenters. The standard InChI is InChI=1S/C19H23FN4O/c20-17-6-1-4-15(10-17)11-22-8-2-5-16(12-22)19(25)23-13-18(14-23)24-9-3-7-21-24/h1,3-4,6-7,9-10,16,18H,2,5,8,11-14H2. The molecule has 2 aliphatic heterocycles. The third-order valence-electron chi connectivity index (χ3n) is 5.22. The number of piperidine rings is 1. The minimum atomic E-state index is -0.202. The number of nitrogens with zero attached hydrogens (tertiary/aromatic N) is 4. The van der Waals surface area contributed by atoms with Crippen molar-refractivity contribution >= 4 is 5.91 Å². The van der Waals surface area contributed by atoms with Crippen LogP contribution >= 0.6 is 0 Å². The van der Waals surface area contributed by atoms with Crippen molar-refractivity contribution in [2.24, 2.45) is 5.92 Å². The molecule has 2 saturated heterocycles. The van der Waals surface area contributed by atoms with Crippen LogP contribution in [0.2, 0.25) is 0 Å². The van der Waals surface area contributed by atoms with Crippen LogP contribution in [0.15, 0.2) is 42.7 Å². The van der Waals surface area contributed by atoms with Crippen molar-refractivity contribution in [3.63, 3.8) is 0 Å². The average molecular weight is 342 g/mol. The summed E-state index contributed by atoms with van der Waals surface area (Å²) in [6.45, 7) is 3.94. The number of benzene rings is 1. The van der Waals surface area contributed by atoms with Crippen LogP contribution in [0, 0.1) is 11.7 Å². The molecule has 0 bridgehead atoms. The molecule has 3 heterocycles. The highest BCUT2D eigenvalue weighted by atomic mass is 19.1. The summed E-state index contributed by atoms with van der Waals surface area (Å²) in [4.78, 5) is 17.0. The predicted molar refractivity (Wildman–Crippen MR) is 92.2 cm³/mol. The number of hydrogen-bond acceptors (Lipinski definition) is 3. The fourth-order valence-corrected chi connectivity index (χ4v) is 3.85. The maximum atomic E-state index is 13.4. The Kier molecular flexibility index (Phi) is 4.53. The first kappa shape index (κ1) is 16.3. The van der Waals surface area contributed by atoms with E-state index in [1.165, 1.54) is 6.07 Å². The van der Waals surface area contributed by atoms with Gasteiger partial charge in [0.05, 0.1) is 12.0 Å². The Bertz CT molecular complexity index is 727. The van der Waals surface area contributed by atoms with Gasteiger partial charge >= 0.3 is 0 Å². The van der Waals surface area contributed by atoms with Crippen LogP contribution in [0.5, 0.6) is 0 Å². The van der Waals surface area contributed by atoms with Gasteiger partial charge in [0.2, 0.25) is 5.91 Å². The number of hydrogen-bond donors (Lipinski definition) is 0. The molecule has 25 heavy (non-hydrogen) atoms. The molecule has 2 aromatic rings. The number of likely N-dealkylation sites (tertiary alicyclic amines) is 2. The van der Waals surface area contributed by atoms with E-state index < -0.39 is 0 Å². The van der Waals surface area contributed by atoms with Crippen LogP contribution in [0.25, 0.3) is 0 Å². The molecule has 2 fully saturated rings. The van der Waals surface area contributed by atoms with Crippen molar-refractivity contribution in [2.75, 3.05) is 26.2 Å². The molecule has 1 aromatic carbocycles. The van der Waals surface area contributed by atoms with Gasteiger partial charge in [0.15, 0.2) is 0 Å². The highest BCUT2D eigenvalue weighted by Gasteiger charge is 2.37. The zero-order valence-electron chi connectivity index (χ0n) is 14.2. The van der Waals surface area contributed by atoms with Gasteiger partial charge < -0.3 is 4.90 Å². The lowest BCUT2D eigenvalue weighted by molar-refractivity contribution is -0.143. The normalized spacial score (nSPS) is 22.0. The van der Waals surface area contributed by atoms with E-state index in [1.807, 2.05) is 27.9 Å². The maximum Gasteiger partial charge on any atom is 0.227 e. The van der Waals surface area contributed by atoms with E-state index in [-0.39, 0.29) is 17.6 Å². The molecule has 1 aromatic heterocycles. The van der Waals surface area contributed by atoms with Gasteiger partial charge in [0.25, 0.3) is 0 Å². The second-order valence-electron chi connectivity index (χ2n) is 7.09. The van der Waals surface area contributed by atoms with Crippen LogP contribution in [-0.4, -0.2) is 51.7 Å². The van der Waals surface area contributed by atoms with Crippen molar-refractivity contribution in [1.29, 1.82) is 0 Å². The Balaban J connectivity index is 1.31. The predicted octanol–water partition coefficient (Wildman–Crippen LogP) is 2.32. The first-order valence-corrected chi connectivity index (χ1v) is 8.94. The smallest absolute Gasteiger partial charge is 0.227 e. The van der Waals surface area contributed by atoms with E-state index in [2.05, 4.69) is 10.00 Å². The number of carbonyl (C=O) groups excluding carboxylic acids is 1. The molecule has 0 radical (unpaired) electrons. The first-order valence-electron chi connectivity index (χ1n) is 8.94. The van der Waals surface area contributed by atoms with Gasteiger partial charge in [-0.05, 0) is 43.1 Å². The second-order valence-corrected chi connectivity index (χ2v) is 7.09. The van der Waals surface area contributed by atoms with Crippen molar-refractivity contribution < 1.29 is 9.18 Å². The van der Waals surface area contributed by atoms with Gasteiger partial charge in [-0.2, -0.15) is 5.10 Å². The summed E-state index contributed by atoms with van der Waals surface area (Å²) >= 11 is 0. The van der Waals surface area contributed by atoms with E-state index in [1.54, 1.807) is 18.3 Å². The minimum Gasteiger partial charge on any atom is -0.338 e. The van der Waals surface area contributed by atoms with Crippen LogP contribution in [0.3, 0.4) is 0 Å². The fraction of sp³-hybridized carbons (Fsp3) is 0.474. The van der Waals surface area contributed by atoms with Crippen molar-refractivity contribution in [3.8, 4) is 0 Å². The molecule has 0 spiro atoms. The third-order valence-corrected chi connectivity index (χ3v) is 5.22. The average Bonchev–Trinajstić information content (AvgIpc) is 3.08. The summed E-state index contributed by atoms with van der Waals surface area (Å²) in [5, 5.41) is 4.25. The summed E-state index contributed by atoms with van der Waals surface area (Å²) < 4.78 is 15.3. The molecule has 2 aliphatic rings. The van der Waals surface area contributed by atoms with E-state index in [0.29, 0.717) is 12.6 Å². The minimum absolute atomic E-state index is 0.0564. The van der Waals surface area contributed by atoms with Crippen LogP contribution in [0.1, 0.15) is 24.4 Å². The number of rotatable bonds is 4.